The van der Waals surface area contributed by atoms with Crippen LogP contribution in [0.25, 0.3) is 22.5 Å². The minimum Gasteiger partial charge on any atom is -0.334 e. The second-order valence-corrected chi connectivity index (χ2v) is 7.03. The summed E-state index contributed by atoms with van der Waals surface area (Å²) in [6.45, 7) is 3.38. The number of fused-ring (bicyclic) bond motifs is 1. The predicted octanol–water partition coefficient (Wildman–Crippen LogP) is 4.02. The Hall–Kier alpha value is -2.42. The molecule has 1 fully saturated rings. The third-order valence-corrected chi connectivity index (χ3v) is 4.82. The van der Waals surface area contributed by atoms with E-state index in [1.807, 2.05) is 0 Å². The third kappa shape index (κ3) is 2.57. The molecule has 0 spiro atoms. The molecule has 2 aromatic heterocycles. The number of imidazole rings is 1. The molecule has 2 heterocycles. The van der Waals surface area contributed by atoms with Crippen LogP contribution in [0.3, 0.4) is 0 Å². The molecule has 26 heavy (non-hydrogen) atoms. The van der Waals surface area contributed by atoms with E-state index in [4.69, 9.17) is 10.3 Å². The zero-order chi connectivity index (χ0) is 18.7. The van der Waals surface area contributed by atoms with Gasteiger partial charge < -0.3 is 14.8 Å². The van der Waals surface area contributed by atoms with E-state index in [-0.39, 0.29) is 17.4 Å². The van der Waals surface area contributed by atoms with Gasteiger partial charge in [0, 0.05) is 11.6 Å². The molecule has 0 unspecified atom stereocenters. The molecule has 4 rings (SSSR count). The summed E-state index contributed by atoms with van der Waals surface area (Å²) in [5, 5.41) is 3.94. The summed E-state index contributed by atoms with van der Waals surface area (Å²) < 4.78 is 46.4. The van der Waals surface area contributed by atoms with Crippen LogP contribution in [0.5, 0.6) is 0 Å². The second kappa shape index (κ2) is 5.54. The van der Waals surface area contributed by atoms with Crippen LogP contribution < -0.4 is 5.73 Å². The molecule has 1 aliphatic carbocycles. The van der Waals surface area contributed by atoms with Crippen molar-refractivity contribution in [3.8, 4) is 11.5 Å². The van der Waals surface area contributed by atoms with Crippen molar-refractivity contribution in [1.82, 2.24) is 19.7 Å². The number of nitrogens with two attached hydrogens (primary N) is 1. The van der Waals surface area contributed by atoms with Crippen LogP contribution in [0.2, 0.25) is 0 Å². The van der Waals surface area contributed by atoms with Gasteiger partial charge in [-0.2, -0.15) is 18.2 Å². The molecule has 1 aromatic carbocycles. The monoisotopic (exact) mass is 365 g/mol. The lowest BCUT2D eigenvalue weighted by Gasteiger charge is -2.34. The highest BCUT2D eigenvalue weighted by atomic mass is 19.4. The molecule has 3 aromatic rings. The number of aromatic nitrogens is 4. The van der Waals surface area contributed by atoms with Gasteiger partial charge in [-0.05, 0) is 51.3 Å². The number of hydrogen-bond donors (Lipinski definition) is 1. The maximum atomic E-state index is 13.3. The molecule has 0 radical (unpaired) electrons. The Balaban J connectivity index is 1.79. The van der Waals surface area contributed by atoms with Crippen molar-refractivity contribution in [2.45, 2.75) is 50.9 Å². The van der Waals surface area contributed by atoms with Crippen LogP contribution in [-0.2, 0) is 11.7 Å². The number of hydrogen-bond acceptors (Lipinski definition) is 5. The minimum atomic E-state index is -4.53. The van der Waals surface area contributed by atoms with E-state index in [9.17, 15) is 13.2 Å². The number of rotatable bonds is 3. The van der Waals surface area contributed by atoms with Crippen LogP contribution in [0.4, 0.5) is 13.2 Å². The van der Waals surface area contributed by atoms with Crippen molar-refractivity contribution < 1.29 is 17.7 Å². The zero-order valence-electron chi connectivity index (χ0n) is 14.3. The highest BCUT2D eigenvalue weighted by molar-refractivity contribution is 5.81. The first-order valence-corrected chi connectivity index (χ1v) is 8.42. The zero-order valence-corrected chi connectivity index (χ0v) is 14.3. The molecule has 0 amide bonds. The summed E-state index contributed by atoms with van der Waals surface area (Å²) in [6.07, 6.45) is -1.94. The molecule has 0 saturated heterocycles. The number of alkyl halides is 3. The average molecular weight is 365 g/mol. The average Bonchev–Trinajstić information content (AvgIpc) is 3.16. The maximum absolute atomic E-state index is 13.3. The first-order chi connectivity index (χ1) is 12.2. The fourth-order valence-corrected chi connectivity index (χ4v) is 3.28. The molecule has 0 aliphatic heterocycles. The summed E-state index contributed by atoms with van der Waals surface area (Å²) >= 11 is 0. The smallest absolute Gasteiger partial charge is 0.334 e. The quantitative estimate of drug-likeness (QED) is 0.758. The summed E-state index contributed by atoms with van der Waals surface area (Å²) in [5.41, 5.74) is 6.78. The van der Waals surface area contributed by atoms with Crippen LogP contribution in [-0.4, -0.2) is 19.7 Å². The highest BCUT2D eigenvalue weighted by Gasteiger charge is 2.40. The van der Waals surface area contributed by atoms with Crippen molar-refractivity contribution in [3.05, 3.63) is 29.8 Å². The summed E-state index contributed by atoms with van der Waals surface area (Å²) in [6, 6.07) is 4.40. The van der Waals surface area contributed by atoms with Crippen molar-refractivity contribution in [2.24, 2.45) is 5.73 Å². The molecular weight excluding hydrogens is 347 g/mol. The predicted molar refractivity (Wildman–Crippen MR) is 88.1 cm³/mol. The Morgan fingerprint density at radius 3 is 2.54 bits per heavy atom. The fraction of sp³-hybridized carbons (Fsp3) is 0.471. The van der Waals surface area contributed by atoms with Crippen LogP contribution in [0, 0.1) is 0 Å². The Bertz CT molecular complexity index is 969. The van der Waals surface area contributed by atoms with Crippen molar-refractivity contribution in [3.63, 3.8) is 0 Å². The topological polar surface area (TPSA) is 82.8 Å². The molecule has 1 saturated carbocycles. The van der Waals surface area contributed by atoms with E-state index in [1.54, 1.807) is 26.0 Å². The van der Waals surface area contributed by atoms with Gasteiger partial charge in [-0.1, -0.05) is 5.16 Å². The Morgan fingerprint density at radius 1 is 1.23 bits per heavy atom. The fourth-order valence-electron chi connectivity index (χ4n) is 3.28. The summed E-state index contributed by atoms with van der Waals surface area (Å²) in [5.74, 6) is -0.255. The number of benzene rings is 1. The van der Waals surface area contributed by atoms with Gasteiger partial charge in [0.15, 0.2) is 5.82 Å². The van der Waals surface area contributed by atoms with Crippen LogP contribution in [0.15, 0.2) is 22.7 Å². The lowest BCUT2D eigenvalue weighted by Crippen LogP contribution is -2.44. The molecule has 0 atom stereocenters. The van der Waals surface area contributed by atoms with Gasteiger partial charge in [0.1, 0.15) is 0 Å². The third-order valence-electron chi connectivity index (χ3n) is 4.82. The SMILES string of the molecule is CC(C)n1c(C(F)(F)F)nc2cc(-c3nc(C4(N)CCC4)no3)ccc21. The van der Waals surface area contributed by atoms with E-state index in [1.165, 1.54) is 10.6 Å². The van der Waals surface area contributed by atoms with Gasteiger partial charge in [-0.25, -0.2) is 4.98 Å². The molecule has 1 aliphatic rings. The van der Waals surface area contributed by atoms with Crippen molar-refractivity contribution in [1.29, 1.82) is 0 Å². The lowest BCUT2D eigenvalue weighted by molar-refractivity contribution is -0.147. The molecular formula is C17H18F3N5O. The normalized spacial score (nSPS) is 17.0. The van der Waals surface area contributed by atoms with E-state index in [2.05, 4.69) is 15.1 Å². The summed E-state index contributed by atoms with van der Waals surface area (Å²) in [7, 11) is 0. The summed E-state index contributed by atoms with van der Waals surface area (Å²) in [4.78, 5) is 8.13. The molecule has 6 nitrogen and oxygen atoms in total. The van der Waals surface area contributed by atoms with E-state index in [0.29, 0.717) is 16.9 Å². The van der Waals surface area contributed by atoms with E-state index < -0.39 is 17.5 Å². The molecule has 138 valence electrons. The van der Waals surface area contributed by atoms with Crippen molar-refractivity contribution >= 4 is 11.0 Å². The Labute approximate surface area is 147 Å². The van der Waals surface area contributed by atoms with E-state index >= 15 is 0 Å². The van der Waals surface area contributed by atoms with Gasteiger partial charge >= 0.3 is 6.18 Å². The largest absolute Gasteiger partial charge is 0.449 e. The lowest BCUT2D eigenvalue weighted by atomic mass is 9.77. The van der Waals surface area contributed by atoms with Crippen LogP contribution >= 0.6 is 0 Å². The highest BCUT2D eigenvalue weighted by Crippen LogP contribution is 2.38. The van der Waals surface area contributed by atoms with Gasteiger partial charge in [0.2, 0.25) is 5.82 Å². The Morgan fingerprint density at radius 2 is 1.96 bits per heavy atom. The molecule has 0 bridgehead atoms. The second-order valence-electron chi connectivity index (χ2n) is 7.03. The van der Waals surface area contributed by atoms with Crippen LogP contribution in [0.1, 0.15) is 50.8 Å². The standard InChI is InChI=1S/C17H18F3N5O/c1-9(2)25-12-5-4-10(8-11(12)22-15(25)17(18,19)20)13-23-14(24-26-13)16(21)6-3-7-16/h4-5,8-9H,3,6-7,21H2,1-2H3. The van der Waals surface area contributed by atoms with Gasteiger partial charge in [0.25, 0.3) is 5.89 Å². The minimum absolute atomic E-state index is 0.228. The Kier molecular flexibility index (Phi) is 3.62. The van der Waals surface area contributed by atoms with E-state index in [0.717, 1.165) is 19.3 Å². The number of halogens is 3. The first-order valence-electron chi connectivity index (χ1n) is 8.42. The van der Waals surface area contributed by atoms with Crippen molar-refractivity contribution in [2.75, 3.05) is 0 Å². The van der Waals surface area contributed by atoms with Gasteiger partial charge in [-0.3, -0.25) is 0 Å². The van der Waals surface area contributed by atoms with Gasteiger partial charge in [-0.15, -0.1) is 0 Å². The molecule has 2 N–H and O–H groups in total. The molecule has 9 heteroatoms. The number of nitrogens with zero attached hydrogens (tertiary/aromatic N) is 4. The maximum Gasteiger partial charge on any atom is 0.449 e. The first kappa shape index (κ1) is 17.0. The van der Waals surface area contributed by atoms with Gasteiger partial charge in [0.05, 0.1) is 16.6 Å².